The Kier molecular flexibility index (Phi) is 5.37. The number of nitrogens with zero attached hydrogens (tertiary/aromatic N) is 3. The van der Waals surface area contributed by atoms with Crippen LogP contribution in [0.2, 0.25) is 0 Å². The van der Waals surface area contributed by atoms with Crippen LogP contribution in [0.1, 0.15) is 55.7 Å². The van der Waals surface area contributed by atoms with Gasteiger partial charge >= 0.3 is 0 Å². The van der Waals surface area contributed by atoms with Crippen LogP contribution in [0.25, 0.3) is 0 Å². The topological polar surface area (TPSA) is 58.1 Å². The molecule has 142 valence electrons. The number of rotatable bonds is 4. The quantitative estimate of drug-likeness (QED) is 0.872. The van der Waals surface area contributed by atoms with Crippen molar-refractivity contribution in [2.75, 3.05) is 18.4 Å². The van der Waals surface area contributed by atoms with E-state index in [9.17, 15) is 4.79 Å². The molecule has 2 aliphatic rings. The van der Waals surface area contributed by atoms with E-state index in [1.165, 1.54) is 12.8 Å². The summed E-state index contributed by atoms with van der Waals surface area (Å²) in [6, 6.07) is 10.1. The lowest BCUT2D eigenvalue weighted by Crippen LogP contribution is -2.42. The number of aryl methyl sites for hydroxylation is 1. The summed E-state index contributed by atoms with van der Waals surface area (Å²) >= 11 is 0. The van der Waals surface area contributed by atoms with Crippen LogP contribution in [0.5, 0.6) is 0 Å². The highest BCUT2D eigenvalue weighted by molar-refractivity contribution is 5.79. The van der Waals surface area contributed by atoms with E-state index in [-0.39, 0.29) is 5.92 Å². The third-order valence-electron chi connectivity index (χ3n) is 5.92. The second kappa shape index (κ2) is 8.07. The first kappa shape index (κ1) is 18.0. The van der Waals surface area contributed by atoms with E-state index in [0.717, 1.165) is 55.7 Å². The largest absolute Gasteiger partial charge is 0.342 e. The van der Waals surface area contributed by atoms with Crippen molar-refractivity contribution < 1.29 is 4.79 Å². The minimum atomic E-state index is 0.257. The lowest BCUT2D eigenvalue weighted by Gasteiger charge is -2.34. The Bertz CT molecular complexity index is 800. The van der Waals surface area contributed by atoms with E-state index in [4.69, 9.17) is 4.98 Å². The summed E-state index contributed by atoms with van der Waals surface area (Å²) in [4.78, 5) is 24.0. The number of hydrogen-bond donors (Lipinski definition) is 1. The van der Waals surface area contributed by atoms with Crippen molar-refractivity contribution in [1.82, 2.24) is 14.9 Å². The van der Waals surface area contributed by atoms with Gasteiger partial charge in [-0.15, -0.1) is 0 Å². The number of piperidine rings is 1. The Labute approximate surface area is 161 Å². The van der Waals surface area contributed by atoms with Gasteiger partial charge < -0.3 is 10.2 Å². The standard InChI is InChI=1S/C22H28N4O/c1-16-7-2-5-11-19(16)24-22-23-13-12-20(25-22)18-10-6-14-26(15-18)21(27)17-8-3-4-9-17/h2,5,7,11-13,17-18H,3-4,6,8-10,14-15H2,1H3,(H,23,24,25). The highest BCUT2D eigenvalue weighted by Gasteiger charge is 2.31. The molecular weight excluding hydrogens is 336 g/mol. The zero-order valence-corrected chi connectivity index (χ0v) is 16.0. The lowest BCUT2D eigenvalue weighted by atomic mass is 9.93. The number of nitrogens with one attached hydrogen (secondary N) is 1. The molecule has 1 N–H and O–H groups in total. The number of anilines is 2. The molecule has 2 aromatic rings. The molecule has 27 heavy (non-hydrogen) atoms. The van der Waals surface area contributed by atoms with Gasteiger partial charge in [-0.3, -0.25) is 4.79 Å². The fraction of sp³-hybridized carbons (Fsp3) is 0.500. The molecule has 2 heterocycles. The van der Waals surface area contributed by atoms with Crippen LogP contribution in [0, 0.1) is 12.8 Å². The molecule has 0 bridgehead atoms. The molecule has 5 nitrogen and oxygen atoms in total. The minimum Gasteiger partial charge on any atom is -0.342 e. The maximum atomic E-state index is 12.8. The number of likely N-dealkylation sites (tertiary alicyclic amines) is 1. The molecule has 1 aromatic heterocycles. The van der Waals surface area contributed by atoms with Crippen molar-refractivity contribution in [2.24, 2.45) is 5.92 Å². The van der Waals surface area contributed by atoms with Gasteiger partial charge in [-0.25, -0.2) is 9.97 Å². The molecule has 2 fully saturated rings. The molecular formula is C22H28N4O. The highest BCUT2D eigenvalue weighted by Crippen LogP contribution is 2.31. The zero-order valence-electron chi connectivity index (χ0n) is 16.0. The number of para-hydroxylation sites is 1. The van der Waals surface area contributed by atoms with Gasteiger partial charge in [0.2, 0.25) is 11.9 Å². The average Bonchev–Trinajstić information content (AvgIpc) is 3.24. The molecule has 1 aliphatic carbocycles. The van der Waals surface area contributed by atoms with Crippen LogP contribution in [0.15, 0.2) is 36.5 Å². The summed E-state index contributed by atoms with van der Waals surface area (Å²) in [5, 5.41) is 3.33. The van der Waals surface area contributed by atoms with Crippen LogP contribution in [-0.4, -0.2) is 33.9 Å². The first-order chi connectivity index (χ1) is 13.2. The molecule has 1 aromatic carbocycles. The van der Waals surface area contributed by atoms with Gasteiger partial charge in [-0.05, 0) is 50.3 Å². The van der Waals surface area contributed by atoms with Gasteiger partial charge in [0.05, 0.1) is 5.69 Å². The third-order valence-corrected chi connectivity index (χ3v) is 5.92. The van der Waals surface area contributed by atoms with E-state index in [1.54, 1.807) is 0 Å². The SMILES string of the molecule is Cc1ccccc1Nc1nccc(C2CCCN(C(=O)C3CCCC3)C2)n1. The average molecular weight is 364 g/mol. The highest BCUT2D eigenvalue weighted by atomic mass is 16.2. The van der Waals surface area contributed by atoms with Gasteiger partial charge in [0, 0.05) is 36.8 Å². The van der Waals surface area contributed by atoms with Gasteiger partial charge in [0.1, 0.15) is 0 Å². The number of benzene rings is 1. The Morgan fingerprint density at radius 3 is 2.74 bits per heavy atom. The molecule has 1 aliphatic heterocycles. The number of carbonyl (C=O) groups excluding carboxylic acids is 1. The summed E-state index contributed by atoms with van der Waals surface area (Å²) in [6.45, 7) is 3.75. The van der Waals surface area contributed by atoms with E-state index in [0.29, 0.717) is 17.8 Å². The summed E-state index contributed by atoms with van der Waals surface area (Å²) in [6.07, 6.45) is 8.49. The maximum absolute atomic E-state index is 12.8. The van der Waals surface area contributed by atoms with E-state index >= 15 is 0 Å². The van der Waals surface area contributed by atoms with Crippen LogP contribution in [0.4, 0.5) is 11.6 Å². The first-order valence-corrected chi connectivity index (χ1v) is 10.1. The first-order valence-electron chi connectivity index (χ1n) is 10.1. The second-order valence-corrected chi connectivity index (χ2v) is 7.85. The van der Waals surface area contributed by atoms with E-state index in [2.05, 4.69) is 28.2 Å². The summed E-state index contributed by atoms with van der Waals surface area (Å²) in [5.41, 5.74) is 3.22. The fourth-order valence-electron chi connectivity index (χ4n) is 4.34. The number of aromatic nitrogens is 2. The molecule has 1 saturated heterocycles. The zero-order chi connectivity index (χ0) is 18.6. The maximum Gasteiger partial charge on any atom is 0.227 e. The van der Waals surface area contributed by atoms with E-state index < -0.39 is 0 Å². The predicted octanol–water partition coefficient (Wildman–Crippen LogP) is 4.42. The molecule has 1 saturated carbocycles. The van der Waals surface area contributed by atoms with Gasteiger partial charge in [-0.1, -0.05) is 31.0 Å². The molecule has 1 amide bonds. The number of carbonyl (C=O) groups is 1. The lowest BCUT2D eigenvalue weighted by molar-refractivity contribution is -0.136. The van der Waals surface area contributed by atoms with Crippen molar-refractivity contribution in [1.29, 1.82) is 0 Å². The third kappa shape index (κ3) is 4.12. The molecule has 0 spiro atoms. The smallest absolute Gasteiger partial charge is 0.227 e. The Hall–Kier alpha value is -2.43. The van der Waals surface area contributed by atoms with Crippen molar-refractivity contribution in [3.05, 3.63) is 47.8 Å². The molecule has 5 heteroatoms. The Morgan fingerprint density at radius 2 is 1.93 bits per heavy atom. The molecule has 1 atom stereocenters. The Balaban J connectivity index is 1.46. The van der Waals surface area contributed by atoms with Crippen molar-refractivity contribution in [3.63, 3.8) is 0 Å². The van der Waals surface area contributed by atoms with Gasteiger partial charge in [0.25, 0.3) is 0 Å². The van der Waals surface area contributed by atoms with E-state index in [1.807, 2.05) is 30.5 Å². The summed E-state index contributed by atoms with van der Waals surface area (Å²) in [5.74, 6) is 1.54. The number of amides is 1. The normalized spacial score (nSPS) is 20.6. The molecule has 1 unspecified atom stereocenters. The van der Waals surface area contributed by atoms with Gasteiger partial charge in [-0.2, -0.15) is 0 Å². The summed E-state index contributed by atoms with van der Waals surface area (Å²) in [7, 11) is 0. The van der Waals surface area contributed by atoms with Crippen molar-refractivity contribution in [2.45, 2.75) is 51.4 Å². The van der Waals surface area contributed by atoms with Gasteiger partial charge in [0.15, 0.2) is 0 Å². The fourth-order valence-corrected chi connectivity index (χ4v) is 4.34. The predicted molar refractivity (Wildman–Crippen MR) is 107 cm³/mol. The van der Waals surface area contributed by atoms with Crippen LogP contribution in [-0.2, 0) is 4.79 Å². The Morgan fingerprint density at radius 1 is 1.11 bits per heavy atom. The molecule has 0 radical (unpaired) electrons. The molecule has 4 rings (SSSR count). The second-order valence-electron chi connectivity index (χ2n) is 7.85. The van der Waals surface area contributed by atoms with Crippen LogP contribution >= 0.6 is 0 Å². The van der Waals surface area contributed by atoms with Crippen molar-refractivity contribution >= 4 is 17.5 Å². The van der Waals surface area contributed by atoms with Crippen molar-refractivity contribution in [3.8, 4) is 0 Å². The number of hydrogen-bond acceptors (Lipinski definition) is 4. The van der Waals surface area contributed by atoms with Crippen LogP contribution in [0.3, 0.4) is 0 Å². The minimum absolute atomic E-state index is 0.257. The van der Waals surface area contributed by atoms with Crippen LogP contribution < -0.4 is 5.32 Å². The summed E-state index contributed by atoms with van der Waals surface area (Å²) < 4.78 is 0. The monoisotopic (exact) mass is 364 g/mol.